The molecule has 0 spiro atoms. The highest BCUT2D eigenvalue weighted by molar-refractivity contribution is 6.31. The highest BCUT2D eigenvalue weighted by Crippen LogP contribution is 2.24. The van der Waals surface area contributed by atoms with Crippen LogP contribution < -0.4 is 5.32 Å². The maximum absolute atomic E-state index is 12.9. The van der Waals surface area contributed by atoms with Gasteiger partial charge in [0.05, 0.1) is 5.92 Å². The number of hydrogen-bond acceptors (Lipinski definition) is 2. The van der Waals surface area contributed by atoms with Gasteiger partial charge in [-0.15, -0.1) is 0 Å². The van der Waals surface area contributed by atoms with Crippen LogP contribution in [-0.4, -0.2) is 29.8 Å². The van der Waals surface area contributed by atoms with Gasteiger partial charge in [-0.1, -0.05) is 29.8 Å². The van der Waals surface area contributed by atoms with Crippen LogP contribution >= 0.6 is 11.6 Å². The first-order valence-electron chi connectivity index (χ1n) is 8.51. The lowest BCUT2D eigenvalue weighted by atomic mass is 10.1. The number of anilines is 1. The number of benzene rings is 2. The van der Waals surface area contributed by atoms with Gasteiger partial charge in [0, 0.05) is 30.2 Å². The maximum Gasteiger partial charge on any atom is 0.229 e. The summed E-state index contributed by atoms with van der Waals surface area (Å²) in [5.41, 5.74) is 2.54. The monoisotopic (exact) mass is 374 g/mol. The van der Waals surface area contributed by atoms with Crippen molar-refractivity contribution in [2.24, 2.45) is 5.92 Å². The van der Waals surface area contributed by atoms with E-state index in [9.17, 15) is 14.0 Å². The molecule has 0 radical (unpaired) electrons. The van der Waals surface area contributed by atoms with E-state index in [1.165, 1.54) is 12.1 Å². The number of hydrogen-bond donors (Lipinski definition) is 1. The van der Waals surface area contributed by atoms with Crippen molar-refractivity contribution in [1.29, 1.82) is 0 Å². The molecule has 0 bridgehead atoms. The maximum atomic E-state index is 12.9. The van der Waals surface area contributed by atoms with Crippen molar-refractivity contribution in [3.63, 3.8) is 0 Å². The lowest BCUT2D eigenvalue weighted by Crippen LogP contribution is -2.30. The van der Waals surface area contributed by atoms with Crippen LogP contribution in [0.25, 0.3) is 0 Å². The Morgan fingerprint density at radius 2 is 2.00 bits per heavy atom. The zero-order chi connectivity index (χ0) is 18.7. The van der Waals surface area contributed by atoms with E-state index in [1.54, 1.807) is 29.2 Å². The molecule has 6 heteroatoms. The van der Waals surface area contributed by atoms with E-state index in [-0.39, 0.29) is 30.0 Å². The lowest BCUT2D eigenvalue weighted by Gasteiger charge is -2.17. The molecule has 1 atom stereocenters. The molecular formula is C20H20ClFN2O2. The van der Waals surface area contributed by atoms with E-state index in [4.69, 9.17) is 11.6 Å². The van der Waals surface area contributed by atoms with E-state index in [0.29, 0.717) is 30.2 Å². The highest BCUT2D eigenvalue weighted by atomic mass is 35.5. The Balaban J connectivity index is 1.57. The molecule has 1 N–H and O–H groups in total. The van der Waals surface area contributed by atoms with Crippen LogP contribution in [0, 0.1) is 18.7 Å². The fraction of sp³-hybridized carbons (Fsp3) is 0.300. The fourth-order valence-corrected chi connectivity index (χ4v) is 3.21. The summed E-state index contributed by atoms with van der Waals surface area (Å²) in [7, 11) is 0. The summed E-state index contributed by atoms with van der Waals surface area (Å²) >= 11 is 5.98. The second kappa shape index (κ2) is 7.87. The second-order valence-corrected chi connectivity index (χ2v) is 7.00. The van der Waals surface area contributed by atoms with Gasteiger partial charge in [-0.05, 0) is 48.7 Å². The summed E-state index contributed by atoms with van der Waals surface area (Å²) < 4.78 is 12.9. The number of nitrogens with one attached hydrogen (secondary N) is 1. The van der Waals surface area contributed by atoms with Gasteiger partial charge >= 0.3 is 0 Å². The van der Waals surface area contributed by atoms with E-state index in [1.807, 2.05) is 13.0 Å². The van der Waals surface area contributed by atoms with Crippen molar-refractivity contribution >= 4 is 29.1 Å². The van der Waals surface area contributed by atoms with Crippen molar-refractivity contribution in [2.75, 3.05) is 18.4 Å². The average Bonchev–Trinajstić information content (AvgIpc) is 2.99. The molecule has 1 fully saturated rings. The van der Waals surface area contributed by atoms with Gasteiger partial charge in [0.25, 0.3) is 0 Å². The summed E-state index contributed by atoms with van der Waals surface area (Å²) in [5, 5.41) is 3.42. The van der Waals surface area contributed by atoms with Crippen LogP contribution in [0.1, 0.15) is 17.5 Å². The molecule has 1 aliphatic heterocycles. The summed E-state index contributed by atoms with van der Waals surface area (Å²) in [6.07, 6.45) is 0.836. The van der Waals surface area contributed by atoms with Crippen LogP contribution in [0.4, 0.5) is 10.1 Å². The second-order valence-electron chi connectivity index (χ2n) is 6.57. The van der Waals surface area contributed by atoms with Crippen LogP contribution in [0.5, 0.6) is 0 Å². The van der Waals surface area contributed by atoms with Crippen molar-refractivity contribution in [2.45, 2.75) is 19.8 Å². The van der Waals surface area contributed by atoms with Crippen LogP contribution in [0.3, 0.4) is 0 Å². The number of likely N-dealkylation sites (tertiary alicyclic amines) is 1. The van der Waals surface area contributed by atoms with Crippen molar-refractivity contribution in [3.05, 3.63) is 64.4 Å². The van der Waals surface area contributed by atoms with Gasteiger partial charge in [0.1, 0.15) is 5.82 Å². The number of carbonyl (C=O) groups is 2. The third-order valence-electron chi connectivity index (χ3n) is 4.63. The SMILES string of the molecule is Cc1ccc(Cl)cc1NC(=O)[C@@H]1CC(=O)N(CCc2ccc(F)cc2)C1. The Morgan fingerprint density at radius 1 is 1.27 bits per heavy atom. The van der Waals surface area contributed by atoms with Gasteiger partial charge < -0.3 is 10.2 Å². The minimum Gasteiger partial charge on any atom is -0.342 e. The van der Waals surface area contributed by atoms with Crippen LogP contribution in [0.2, 0.25) is 5.02 Å². The molecule has 136 valence electrons. The molecular weight excluding hydrogens is 355 g/mol. The number of rotatable bonds is 5. The summed E-state index contributed by atoms with van der Waals surface area (Å²) in [4.78, 5) is 26.4. The topological polar surface area (TPSA) is 49.4 Å². The summed E-state index contributed by atoms with van der Waals surface area (Å²) in [6.45, 7) is 2.80. The molecule has 2 aromatic rings. The number of amides is 2. The smallest absolute Gasteiger partial charge is 0.229 e. The first-order chi connectivity index (χ1) is 12.4. The Bertz CT molecular complexity index is 823. The van der Waals surface area contributed by atoms with E-state index < -0.39 is 0 Å². The average molecular weight is 375 g/mol. The molecule has 1 heterocycles. The van der Waals surface area contributed by atoms with Crippen molar-refractivity contribution in [1.82, 2.24) is 4.90 Å². The number of aryl methyl sites for hydroxylation is 1. The van der Waals surface area contributed by atoms with E-state index in [0.717, 1.165) is 11.1 Å². The Hall–Kier alpha value is -2.40. The van der Waals surface area contributed by atoms with Gasteiger partial charge in [-0.25, -0.2) is 4.39 Å². The van der Waals surface area contributed by atoms with Crippen LogP contribution in [-0.2, 0) is 16.0 Å². The quantitative estimate of drug-likeness (QED) is 0.865. The molecule has 0 aliphatic carbocycles. The summed E-state index contributed by atoms with van der Waals surface area (Å²) in [5.74, 6) is -0.865. The highest BCUT2D eigenvalue weighted by Gasteiger charge is 2.34. The first kappa shape index (κ1) is 18.4. The molecule has 2 amide bonds. The Labute approximate surface area is 157 Å². The van der Waals surface area contributed by atoms with E-state index >= 15 is 0 Å². The molecule has 0 unspecified atom stereocenters. The van der Waals surface area contributed by atoms with Crippen LogP contribution in [0.15, 0.2) is 42.5 Å². The molecule has 3 rings (SSSR count). The minimum absolute atomic E-state index is 0.0323. The molecule has 1 saturated heterocycles. The zero-order valence-electron chi connectivity index (χ0n) is 14.5. The Morgan fingerprint density at radius 3 is 2.73 bits per heavy atom. The Kier molecular flexibility index (Phi) is 5.57. The summed E-state index contributed by atoms with van der Waals surface area (Å²) in [6, 6.07) is 11.5. The predicted molar refractivity (Wildman–Crippen MR) is 99.6 cm³/mol. The first-order valence-corrected chi connectivity index (χ1v) is 8.89. The molecule has 4 nitrogen and oxygen atoms in total. The molecule has 26 heavy (non-hydrogen) atoms. The largest absolute Gasteiger partial charge is 0.342 e. The molecule has 1 aliphatic rings. The van der Waals surface area contributed by atoms with Gasteiger partial charge in [0.2, 0.25) is 11.8 Å². The molecule has 2 aromatic carbocycles. The lowest BCUT2D eigenvalue weighted by molar-refractivity contribution is -0.128. The van der Waals surface area contributed by atoms with Gasteiger partial charge in [0.15, 0.2) is 0 Å². The number of nitrogens with zero attached hydrogens (tertiary/aromatic N) is 1. The number of halogens is 2. The van der Waals surface area contributed by atoms with Gasteiger partial charge in [-0.2, -0.15) is 0 Å². The van der Waals surface area contributed by atoms with E-state index in [2.05, 4.69) is 5.32 Å². The number of carbonyl (C=O) groups excluding carboxylic acids is 2. The van der Waals surface area contributed by atoms with Crippen molar-refractivity contribution in [3.8, 4) is 0 Å². The third-order valence-corrected chi connectivity index (χ3v) is 4.86. The third kappa shape index (κ3) is 4.41. The normalized spacial score (nSPS) is 16.8. The predicted octanol–water partition coefficient (Wildman–Crippen LogP) is 3.82. The standard InChI is InChI=1S/C20H20ClFN2O2/c1-13-2-5-16(21)11-18(13)23-20(26)15-10-19(25)24(12-15)9-8-14-3-6-17(22)7-4-14/h2-7,11,15H,8-10,12H2,1H3,(H,23,26)/t15-/m1/s1. The molecule has 0 saturated carbocycles. The zero-order valence-corrected chi connectivity index (χ0v) is 15.2. The fourth-order valence-electron chi connectivity index (χ4n) is 3.04. The minimum atomic E-state index is -0.380. The molecule has 0 aromatic heterocycles. The van der Waals surface area contributed by atoms with Gasteiger partial charge in [-0.3, -0.25) is 9.59 Å². The van der Waals surface area contributed by atoms with Crippen molar-refractivity contribution < 1.29 is 14.0 Å².